The maximum absolute atomic E-state index is 11.4. The van der Waals surface area contributed by atoms with Gasteiger partial charge in [0.2, 0.25) is 0 Å². The molecule has 16 heavy (non-hydrogen) atoms. The van der Waals surface area contributed by atoms with Crippen LogP contribution in [0.1, 0.15) is 24.9 Å². The van der Waals surface area contributed by atoms with Crippen molar-refractivity contribution in [1.82, 2.24) is 9.97 Å². The average molecular weight is 308 g/mol. The van der Waals surface area contributed by atoms with E-state index in [9.17, 15) is 8.42 Å². The third kappa shape index (κ3) is 3.15. The summed E-state index contributed by atoms with van der Waals surface area (Å²) in [6.45, 7) is 4.23. The van der Waals surface area contributed by atoms with E-state index in [1.54, 1.807) is 13.1 Å². The average Bonchev–Trinajstić information content (AvgIpc) is 2.19. The van der Waals surface area contributed by atoms with Crippen LogP contribution in [0.25, 0.3) is 0 Å². The van der Waals surface area contributed by atoms with Crippen LogP contribution < -0.4 is 5.32 Å². The molecule has 1 rings (SSSR count). The molecule has 0 saturated carbocycles. The molecule has 7 heteroatoms. The van der Waals surface area contributed by atoms with Crippen LogP contribution in [0.15, 0.2) is 10.7 Å². The fraction of sp³-hybridized carbons (Fsp3) is 0.556. The normalized spacial score (nSPS) is 13.5. The van der Waals surface area contributed by atoms with E-state index in [2.05, 4.69) is 31.2 Å². The molecule has 0 aliphatic carbocycles. The lowest BCUT2D eigenvalue weighted by Crippen LogP contribution is -2.13. The lowest BCUT2D eigenvalue weighted by Gasteiger charge is -2.11. The zero-order valence-electron chi connectivity index (χ0n) is 9.36. The van der Waals surface area contributed by atoms with Gasteiger partial charge in [-0.05, 0) is 29.8 Å². The zero-order valence-corrected chi connectivity index (χ0v) is 11.8. The molecule has 0 aliphatic rings. The minimum absolute atomic E-state index is 0.307. The highest BCUT2D eigenvalue weighted by Crippen LogP contribution is 2.23. The Bertz CT molecular complexity index is 476. The van der Waals surface area contributed by atoms with Gasteiger partial charge in [0.25, 0.3) is 0 Å². The Morgan fingerprint density at radius 1 is 1.56 bits per heavy atom. The Kier molecular flexibility index (Phi) is 4.26. The fourth-order valence-electron chi connectivity index (χ4n) is 1.06. The molecule has 0 spiro atoms. The summed E-state index contributed by atoms with van der Waals surface area (Å²) in [6, 6.07) is 0. The van der Waals surface area contributed by atoms with Crippen LogP contribution in [0.4, 0.5) is 5.82 Å². The number of anilines is 1. The van der Waals surface area contributed by atoms with Crippen LogP contribution in [0.2, 0.25) is 0 Å². The SMILES string of the molecule is CCNc1nc(C(C)S(C)(=O)=O)ncc1Br. The first-order chi connectivity index (χ1) is 7.36. The van der Waals surface area contributed by atoms with Crippen molar-refractivity contribution in [3.63, 3.8) is 0 Å². The van der Waals surface area contributed by atoms with Crippen molar-refractivity contribution in [3.05, 3.63) is 16.5 Å². The van der Waals surface area contributed by atoms with Crippen molar-refractivity contribution < 1.29 is 8.42 Å². The van der Waals surface area contributed by atoms with Crippen LogP contribution >= 0.6 is 15.9 Å². The van der Waals surface area contributed by atoms with E-state index in [-0.39, 0.29) is 0 Å². The summed E-state index contributed by atoms with van der Waals surface area (Å²) in [5.74, 6) is 0.921. The van der Waals surface area contributed by atoms with E-state index >= 15 is 0 Å². The maximum Gasteiger partial charge on any atom is 0.157 e. The summed E-state index contributed by atoms with van der Waals surface area (Å²) in [4.78, 5) is 8.19. The van der Waals surface area contributed by atoms with Crippen molar-refractivity contribution >= 4 is 31.6 Å². The van der Waals surface area contributed by atoms with E-state index < -0.39 is 15.1 Å². The van der Waals surface area contributed by atoms with E-state index in [1.165, 1.54) is 6.26 Å². The second-order valence-corrected chi connectivity index (χ2v) is 6.65. The van der Waals surface area contributed by atoms with E-state index in [1.807, 2.05) is 6.92 Å². The van der Waals surface area contributed by atoms with Gasteiger partial charge >= 0.3 is 0 Å². The van der Waals surface area contributed by atoms with Gasteiger partial charge in [0, 0.05) is 19.0 Å². The molecular formula is C9H14BrN3O2S. The molecule has 0 radical (unpaired) electrons. The topological polar surface area (TPSA) is 72.0 Å². The van der Waals surface area contributed by atoms with Crippen LogP contribution in [0.3, 0.4) is 0 Å². The standard InChI is InChI=1S/C9H14BrN3O2S/c1-4-11-9-7(10)5-12-8(13-9)6(2)16(3,14)15/h5-6H,4H2,1-3H3,(H,11,12,13). The van der Waals surface area contributed by atoms with Gasteiger partial charge in [-0.25, -0.2) is 18.4 Å². The third-order valence-electron chi connectivity index (χ3n) is 2.11. The number of nitrogens with one attached hydrogen (secondary N) is 1. The minimum Gasteiger partial charge on any atom is -0.369 e. The summed E-state index contributed by atoms with van der Waals surface area (Å²) in [5, 5.41) is 2.33. The minimum atomic E-state index is -3.17. The Hall–Kier alpha value is -0.690. The maximum atomic E-state index is 11.4. The molecule has 1 aromatic rings. The van der Waals surface area contributed by atoms with Gasteiger partial charge < -0.3 is 5.32 Å². The van der Waals surface area contributed by atoms with Gasteiger partial charge in [-0.3, -0.25) is 0 Å². The molecule has 5 nitrogen and oxygen atoms in total. The smallest absolute Gasteiger partial charge is 0.157 e. The van der Waals surface area contributed by atoms with E-state index in [4.69, 9.17) is 0 Å². The molecule has 0 aromatic carbocycles. The highest BCUT2D eigenvalue weighted by atomic mass is 79.9. The van der Waals surface area contributed by atoms with Gasteiger partial charge in [-0.1, -0.05) is 0 Å². The molecule has 1 atom stereocenters. The number of nitrogens with zero attached hydrogens (tertiary/aromatic N) is 2. The molecule has 1 aromatic heterocycles. The molecule has 1 heterocycles. The number of sulfone groups is 1. The predicted octanol–water partition coefficient (Wildman–Crippen LogP) is 1.78. The largest absolute Gasteiger partial charge is 0.369 e. The monoisotopic (exact) mass is 307 g/mol. The molecule has 0 fully saturated rings. The van der Waals surface area contributed by atoms with Crippen LogP contribution in [-0.4, -0.2) is 31.2 Å². The first-order valence-corrected chi connectivity index (χ1v) is 7.56. The van der Waals surface area contributed by atoms with Crippen LogP contribution in [0, 0.1) is 0 Å². The zero-order chi connectivity index (χ0) is 12.3. The van der Waals surface area contributed by atoms with Crippen LogP contribution in [0.5, 0.6) is 0 Å². The molecule has 0 saturated heterocycles. The highest BCUT2D eigenvalue weighted by Gasteiger charge is 2.21. The summed E-state index contributed by atoms with van der Waals surface area (Å²) < 4.78 is 23.5. The van der Waals surface area contributed by atoms with E-state index in [0.29, 0.717) is 18.2 Å². The molecule has 0 amide bonds. The fourth-order valence-corrected chi connectivity index (χ4v) is 1.89. The highest BCUT2D eigenvalue weighted by molar-refractivity contribution is 9.10. The molecule has 0 bridgehead atoms. The second kappa shape index (κ2) is 5.09. The van der Waals surface area contributed by atoms with Gasteiger partial charge in [-0.2, -0.15) is 0 Å². The summed E-state index contributed by atoms with van der Waals surface area (Å²) in [7, 11) is -3.17. The summed E-state index contributed by atoms with van der Waals surface area (Å²) >= 11 is 3.29. The lowest BCUT2D eigenvalue weighted by atomic mass is 10.4. The second-order valence-electron chi connectivity index (χ2n) is 3.43. The summed E-state index contributed by atoms with van der Waals surface area (Å²) in [6.07, 6.45) is 2.73. The van der Waals surface area contributed by atoms with Gasteiger partial charge in [0.1, 0.15) is 16.9 Å². The Balaban J connectivity index is 3.12. The number of aromatic nitrogens is 2. The molecule has 1 N–H and O–H groups in total. The number of hydrogen-bond acceptors (Lipinski definition) is 5. The van der Waals surface area contributed by atoms with Crippen LogP contribution in [-0.2, 0) is 9.84 Å². The predicted molar refractivity (Wildman–Crippen MR) is 67.2 cm³/mol. The molecule has 1 unspecified atom stereocenters. The van der Waals surface area contributed by atoms with Gasteiger partial charge in [-0.15, -0.1) is 0 Å². The van der Waals surface area contributed by atoms with Crippen molar-refractivity contribution in [1.29, 1.82) is 0 Å². The first kappa shape index (κ1) is 13.4. The Morgan fingerprint density at radius 2 is 2.19 bits per heavy atom. The lowest BCUT2D eigenvalue weighted by molar-refractivity contribution is 0.589. The van der Waals surface area contributed by atoms with E-state index in [0.717, 1.165) is 4.47 Å². The Morgan fingerprint density at radius 3 is 2.69 bits per heavy atom. The summed E-state index contributed by atoms with van der Waals surface area (Å²) in [5.41, 5.74) is 0. The third-order valence-corrected chi connectivity index (χ3v) is 4.19. The van der Waals surface area contributed by atoms with Crippen molar-refractivity contribution in [2.24, 2.45) is 0 Å². The van der Waals surface area contributed by atoms with Crippen molar-refractivity contribution in [2.45, 2.75) is 19.1 Å². The van der Waals surface area contributed by atoms with Crippen molar-refractivity contribution in [2.75, 3.05) is 18.1 Å². The molecular weight excluding hydrogens is 294 g/mol. The Labute approximate surface area is 104 Å². The first-order valence-electron chi connectivity index (χ1n) is 4.81. The van der Waals surface area contributed by atoms with Gasteiger partial charge in [0.05, 0.1) is 4.47 Å². The number of hydrogen-bond donors (Lipinski definition) is 1. The number of halogens is 1. The molecule has 0 aliphatic heterocycles. The molecule has 90 valence electrons. The quantitative estimate of drug-likeness (QED) is 0.918. The number of rotatable bonds is 4. The van der Waals surface area contributed by atoms with Gasteiger partial charge in [0.15, 0.2) is 9.84 Å². The van der Waals surface area contributed by atoms with Crippen molar-refractivity contribution in [3.8, 4) is 0 Å².